The van der Waals surface area contributed by atoms with Gasteiger partial charge in [-0.15, -0.1) is 0 Å². The number of carbonyl (C=O) groups excluding carboxylic acids is 1. The molecule has 5 nitrogen and oxygen atoms in total. The fourth-order valence-electron chi connectivity index (χ4n) is 1.28. The van der Waals surface area contributed by atoms with E-state index in [0.717, 1.165) is 0 Å². The molecule has 0 aromatic carbocycles. The molecule has 0 fully saturated rings. The summed E-state index contributed by atoms with van der Waals surface area (Å²) in [6.45, 7) is 8.10. The average Bonchev–Trinajstić information content (AvgIpc) is 2.38. The first-order chi connectivity index (χ1) is 8.63. The third-order valence-electron chi connectivity index (χ3n) is 2.03. The Hall–Kier alpha value is -1.56. The van der Waals surface area contributed by atoms with E-state index in [1.165, 1.54) is 18.0 Å². The number of esters is 1. The number of aromatic nitrogens is 2. The Balaban J connectivity index is 3.15. The maximum Gasteiger partial charge on any atom is 0.342 e. The molecule has 1 aromatic heterocycles. The summed E-state index contributed by atoms with van der Waals surface area (Å²) < 4.78 is 10.2. The summed E-state index contributed by atoms with van der Waals surface area (Å²) in [6, 6.07) is 0. The largest absolute Gasteiger partial charge is 0.492 e. The van der Waals surface area contributed by atoms with Gasteiger partial charge in [0.05, 0.1) is 13.2 Å². The summed E-state index contributed by atoms with van der Waals surface area (Å²) in [7, 11) is 0. The van der Waals surface area contributed by atoms with Crippen molar-refractivity contribution < 1.29 is 14.3 Å². The summed E-state index contributed by atoms with van der Waals surface area (Å²) in [5.41, 5.74) is 0.655. The zero-order valence-corrected chi connectivity index (χ0v) is 11.5. The van der Waals surface area contributed by atoms with E-state index >= 15 is 0 Å². The first-order valence-corrected chi connectivity index (χ1v) is 6.76. The van der Waals surface area contributed by atoms with E-state index < -0.39 is 5.97 Å². The lowest BCUT2D eigenvalue weighted by atomic mass is 10.2. The van der Waals surface area contributed by atoms with E-state index in [4.69, 9.17) is 9.47 Å². The number of thioether (sulfide) groups is 1. The molecule has 0 atom stereocenters. The van der Waals surface area contributed by atoms with Gasteiger partial charge in [-0.05, 0) is 20.1 Å². The molecular weight excluding hydrogens is 252 g/mol. The maximum atomic E-state index is 11.8. The highest BCUT2D eigenvalue weighted by Gasteiger charge is 2.18. The van der Waals surface area contributed by atoms with Crippen molar-refractivity contribution in [2.75, 3.05) is 19.5 Å². The highest BCUT2D eigenvalue weighted by atomic mass is 32.2. The van der Waals surface area contributed by atoms with Crippen molar-refractivity contribution in [2.24, 2.45) is 0 Å². The highest BCUT2D eigenvalue weighted by molar-refractivity contribution is 7.98. The Labute approximate surface area is 111 Å². The number of rotatable bonds is 6. The van der Waals surface area contributed by atoms with Crippen molar-refractivity contribution >= 4 is 23.5 Å². The van der Waals surface area contributed by atoms with E-state index in [-0.39, 0.29) is 5.56 Å². The van der Waals surface area contributed by atoms with Gasteiger partial charge >= 0.3 is 5.97 Å². The number of nitrogens with zero attached hydrogens (tertiary/aromatic N) is 2. The van der Waals surface area contributed by atoms with Crippen molar-refractivity contribution in [3.63, 3.8) is 0 Å². The molecule has 0 saturated heterocycles. The third-order valence-corrected chi connectivity index (χ3v) is 2.59. The second-order valence-corrected chi connectivity index (χ2v) is 3.97. The van der Waals surface area contributed by atoms with E-state index in [1.807, 2.05) is 13.2 Å². The van der Waals surface area contributed by atoms with Crippen LogP contribution in [0.25, 0.3) is 5.76 Å². The Bertz CT molecular complexity index is 449. The van der Waals surface area contributed by atoms with Gasteiger partial charge in [0.15, 0.2) is 5.16 Å². The second kappa shape index (κ2) is 7.00. The maximum absolute atomic E-state index is 11.8. The first-order valence-electron chi connectivity index (χ1n) is 5.54. The van der Waals surface area contributed by atoms with Gasteiger partial charge in [-0.25, -0.2) is 14.8 Å². The van der Waals surface area contributed by atoms with Crippen LogP contribution in [0.2, 0.25) is 0 Å². The molecule has 0 bridgehead atoms. The normalized spacial score (nSPS) is 9.94. The molecule has 1 heterocycles. The standard InChI is InChI=1S/C12H16N2O3S/c1-5-16-8(3)10-9(11(15)17-6-2)7-13-12(14-10)18-4/h7H,3,5-6H2,1-2,4H3. The topological polar surface area (TPSA) is 61.3 Å². The van der Waals surface area contributed by atoms with Crippen molar-refractivity contribution in [1.29, 1.82) is 0 Å². The van der Waals surface area contributed by atoms with Gasteiger partial charge in [0.1, 0.15) is 17.0 Å². The van der Waals surface area contributed by atoms with Crippen LogP contribution in [-0.4, -0.2) is 35.4 Å². The first kappa shape index (κ1) is 14.5. The molecule has 0 aliphatic rings. The van der Waals surface area contributed by atoms with Crippen LogP contribution < -0.4 is 0 Å². The predicted molar refractivity (Wildman–Crippen MR) is 70.4 cm³/mol. The molecule has 18 heavy (non-hydrogen) atoms. The molecule has 0 amide bonds. The van der Waals surface area contributed by atoms with Crippen LogP contribution in [0.5, 0.6) is 0 Å². The van der Waals surface area contributed by atoms with Crippen LogP contribution in [0.1, 0.15) is 29.9 Å². The Morgan fingerprint density at radius 2 is 2.06 bits per heavy atom. The molecule has 0 unspecified atom stereocenters. The molecule has 0 N–H and O–H groups in total. The molecule has 0 aliphatic heterocycles. The van der Waals surface area contributed by atoms with Crippen LogP contribution in [0, 0.1) is 0 Å². The van der Waals surface area contributed by atoms with Crippen molar-refractivity contribution in [2.45, 2.75) is 19.0 Å². The van der Waals surface area contributed by atoms with Gasteiger partial charge in [-0.3, -0.25) is 0 Å². The van der Waals surface area contributed by atoms with Gasteiger partial charge in [0, 0.05) is 6.20 Å². The molecule has 0 aliphatic carbocycles. The van der Waals surface area contributed by atoms with E-state index in [1.54, 1.807) is 6.92 Å². The quantitative estimate of drug-likeness (QED) is 0.342. The number of hydrogen-bond acceptors (Lipinski definition) is 6. The number of hydrogen-bond donors (Lipinski definition) is 0. The molecule has 0 radical (unpaired) electrons. The summed E-state index contributed by atoms with van der Waals surface area (Å²) in [4.78, 5) is 20.1. The van der Waals surface area contributed by atoms with Gasteiger partial charge in [-0.1, -0.05) is 18.3 Å². The van der Waals surface area contributed by atoms with Crippen molar-refractivity contribution in [3.8, 4) is 0 Å². The summed E-state index contributed by atoms with van der Waals surface area (Å²) in [5.74, 6) is -0.126. The minimum absolute atomic E-state index is 0.271. The van der Waals surface area contributed by atoms with E-state index in [9.17, 15) is 4.79 Å². The Kier molecular flexibility index (Phi) is 5.64. The van der Waals surface area contributed by atoms with E-state index in [0.29, 0.717) is 29.8 Å². The minimum Gasteiger partial charge on any atom is -0.492 e. The van der Waals surface area contributed by atoms with Crippen LogP contribution >= 0.6 is 11.8 Å². The fourth-order valence-corrected chi connectivity index (χ4v) is 1.62. The summed E-state index contributed by atoms with van der Waals surface area (Å²) >= 11 is 1.38. The molecule has 0 saturated carbocycles. The zero-order chi connectivity index (χ0) is 13.5. The Morgan fingerprint density at radius 3 is 2.61 bits per heavy atom. The SMILES string of the molecule is C=C(OCC)c1nc(SC)ncc1C(=O)OCC. The molecule has 6 heteroatoms. The van der Waals surface area contributed by atoms with Crippen LogP contribution in [-0.2, 0) is 9.47 Å². The van der Waals surface area contributed by atoms with Crippen LogP contribution in [0.3, 0.4) is 0 Å². The predicted octanol–water partition coefficient (Wildman–Crippen LogP) is 2.38. The van der Waals surface area contributed by atoms with Crippen LogP contribution in [0.4, 0.5) is 0 Å². The minimum atomic E-state index is -0.471. The third kappa shape index (κ3) is 3.46. The molecule has 1 aromatic rings. The van der Waals surface area contributed by atoms with Crippen LogP contribution in [0.15, 0.2) is 17.9 Å². The van der Waals surface area contributed by atoms with Gasteiger partial charge in [0.25, 0.3) is 0 Å². The highest BCUT2D eigenvalue weighted by Crippen LogP contribution is 2.20. The lowest BCUT2D eigenvalue weighted by Crippen LogP contribution is -2.11. The smallest absolute Gasteiger partial charge is 0.342 e. The fraction of sp³-hybridized carbons (Fsp3) is 0.417. The van der Waals surface area contributed by atoms with Gasteiger partial charge in [-0.2, -0.15) is 0 Å². The van der Waals surface area contributed by atoms with E-state index in [2.05, 4.69) is 16.5 Å². The molecular formula is C12H16N2O3S. The average molecular weight is 268 g/mol. The summed E-state index contributed by atoms with van der Waals surface area (Å²) in [5, 5.41) is 0.555. The van der Waals surface area contributed by atoms with Gasteiger partial charge < -0.3 is 9.47 Å². The summed E-state index contributed by atoms with van der Waals surface area (Å²) in [6.07, 6.45) is 3.29. The lowest BCUT2D eigenvalue weighted by Gasteiger charge is -2.11. The zero-order valence-electron chi connectivity index (χ0n) is 10.7. The van der Waals surface area contributed by atoms with Crippen molar-refractivity contribution in [3.05, 3.63) is 24.0 Å². The van der Waals surface area contributed by atoms with Crippen molar-refractivity contribution in [1.82, 2.24) is 9.97 Å². The molecule has 98 valence electrons. The second-order valence-electron chi connectivity index (χ2n) is 3.20. The van der Waals surface area contributed by atoms with Gasteiger partial charge in [0.2, 0.25) is 0 Å². The number of ether oxygens (including phenoxy) is 2. The lowest BCUT2D eigenvalue weighted by molar-refractivity contribution is 0.0524. The number of carbonyl (C=O) groups is 1. The monoisotopic (exact) mass is 268 g/mol. The molecule has 0 spiro atoms. The Morgan fingerprint density at radius 1 is 1.39 bits per heavy atom. The molecule has 1 rings (SSSR count).